The Labute approximate surface area is 127 Å². The molecule has 1 fully saturated rings. The van der Waals surface area contributed by atoms with Crippen LogP contribution in [-0.2, 0) is 16.1 Å². The average molecular weight is 342 g/mol. The molecular weight excluding hydrogens is 322 g/mol. The van der Waals surface area contributed by atoms with Crippen LogP contribution in [0, 0.1) is 0 Å². The summed E-state index contributed by atoms with van der Waals surface area (Å²) in [5.41, 5.74) is 1.16. The van der Waals surface area contributed by atoms with E-state index in [1.165, 1.54) is 0 Å². The van der Waals surface area contributed by atoms with Crippen LogP contribution < -0.4 is 5.32 Å². The van der Waals surface area contributed by atoms with Crippen molar-refractivity contribution in [2.45, 2.75) is 25.4 Å². The molecule has 0 radical (unpaired) electrons. The Kier molecular flexibility index (Phi) is 5.94. The van der Waals surface area contributed by atoms with Crippen molar-refractivity contribution < 1.29 is 9.53 Å². The summed E-state index contributed by atoms with van der Waals surface area (Å²) in [7, 11) is 1.55. The van der Waals surface area contributed by atoms with Gasteiger partial charge in [0.2, 0.25) is 5.91 Å². The predicted molar refractivity (Wildman–Crippen MR) is 80.3 cm³/mol. The second-order valence-corrected chi connectivity index (χ2v) is 5.90. The fraction of sp³-hybridized carbons (Fsp3) is 0.571. The summed E-state index contributed by atoms with van der Waals surface area (Å²) in [5, 5.41) is 3.53. The van der Waals surface area contributed by atoms with Crippen molar-refractivity contribution in [1.82, 2.24) is 15.2 Å². The van der Waals surface area contributed by atoms with Crippen LogP contribution in [0.2, 0.25) is 0 Å². The van der Waals surface area contributed by atoms with Gasteiger partial charge in [0, 0.05) is 49.7 Å². The first kappa shape index (κ1) is 15.4. The topological polar surface area (TPSA) is 54.5 Å². The summed E-state index contributed by atoms with van der Waals surface area (Å²) >= 11 is 3.42. The molecule has 1 aromatic heterocycles. The van der Waals surface area contributed by atoms with Gasteiger partial charge in [-0.3, -0.25) is 9.78 Å². The van der Waals surface area contributed by atoms with Crippen LogP contribution >= 0.6 is 15.9 Å². The molecule has 0 unspecified atom stereocenters. The van der Waals surface area contributed by atoms with Gasteiger partial charge in [-0.1, -0.05) is 0 Å². The number of hydrogen-bond acceptors (Lipinski definition) is 4. The van der Waals surface area contributed by atoms with Crippen molar-refractivity contribution in [2.75, 3.05) is 26.8 Å². The number of carbonyl (C=O) groups excluding carboxylic acids is 1. The standard InChI is InChI=1S/C14H20BrN3O2/c1-20-10-14(19)18-4-2-13(3-5-18)17-8-11-6-12(15)9-16-7-11/h6-7,9,13,17H,2-5,8,10H2,1H3. The zero-order valence-electron chi connectivity index (χ0n) is 11.6. The number of pyridine rings is 1. The van der Waals surface area contributed by atoms with E-state index >= 15 is 0 Å². The second kappa shape index (κ2) is 7.71. The number of piperidine rings is 1. The third-order valence-electron chi connectivity index (χ3n) is 3.47. The maximum absolute atomic E-state index is 11.7. The third-order valence-corrected chi connectivity index (χ3v) is 3.91. The van der Waals surface area contributed by atoms with Gasteiger partial charge in [0.15, 0.2) is 0 Å². The van der Waals surface area contributed by atoms with Crippen LogP contribution in [0.4, 0.5) is 0 Å². The van der Waals surface area contributed by atoms with Crippen LogP contribution in [-0.4, -0.2) is 48.6 Å². The molecule has 1 aliphatic heterocycles. The van der Waals surface area contributed by atoms with Gasteiger partial charge in [-0.05, 0) is 40.4 Å². The van der Waals surface area contributed by atoms with E-state index in [1.54, 1.807) is 13.3 Å². The molecule has 1 amide bonds. The fourth-order valence-corrected chi connectivity index (χ4v) is 2.77. The summed E-state index contributed by atoms with van der Waals surface area (Å²) in [6, 6.07) is 2.53. The number of likely N-dealkylation sites (tertiary alicyclic amines) is 1. The molecule has 2 heterocycles. The Morgan fingerprint density at radius 1 is 1.50 bits per heavy atom. The maximum Gasteiger partial charge on any atom is 0.248 e. The molecule has 2 rings (SSSR count). The fourth-order valence-electron chi connectivity index (χ4n) is 2.36. The highest BCUT2D eigenvalue weighted by Gasteiger charge is 2.22. The molecule has 1 aromatic rings. The SMILES string of the molecule is COCC(=O)N1CCC(NCc2cncc(Br)c2)CC1. The lowest BCUT2D eigenvalue weighted by molar-refractivity contribution is -0.136. The predicted octanol–water partition coefficient (Wildman–Crippen LogP) is 1.57. The first-order chi connectivity index (χ1) is 9.69. The number of ether oxygens (including phenoxy) is 1. The molecule has 0 spiro atoms. The number of nitrogens with zero attached hydrogens (tertiary/aromatic N) is 2. The van der Waals surface area contributed by atoms with E-state index in [-0.39, 0.29) is 12.5 Å². The molecule has 1 saturated heterocycles. The van der Waals surface area contributed by atoms with Crippen molar-refractivity contribution in [1.29, 1.82) is 0 Å². The molecule has 1 aliphatic rings. The summed E-state index contributed by atoms with van der Waals surface area (Å²) in [5.74, 6) is 0.0853. The van der Waals surface area contributed by atoms with Crippen LogP contribution in [0.3, 0.4) is 0 Å². The van der Waals surface area contributed by atoms with Crippen LogP contribution in [0.5, 0.6) is 0 Å². The molecule has 6 heteroatoms. The van der Waals surface area contributed by atoms with E-state index in [1.807, 2.05) is 11.1 Å². The number of carbonyl (C=O) groups is 1. The average Bonchev–Trinajstić information content (AvgIpc) is 2.46. The highest BCUT2D eigenvalue weighted by Crippen LogP contribution is 2.13. The zero-order chi connectivity index (χ0) is 14.4. The minimum Gasteiger partial charge on any atom is -0.375 e. The number of methoxy groups -OCH3 is 1. The Hall–Kier alpha value is -0.980. The van der Waals surface area contributed by atoms with Crippen LogP contribution in [0.1, 0.15) is 18.4 Å². The molecule has 0 atom stereocenters. The number of rotatable bonds is 5. The lowest BCUT2D eigenvalue weighted by Crippen LogP contribution is -2.45. The molecule has 110 valence electrons. The monoisotopic (exact) mass is 341 g/mol. The first-order valence-electron chi connectivity index (χ1n) is 6.78. The Balaban J connectivity index is 1.73. The Morgan fingerprint density at radius 2 is 2.25 bits per heavy atom. The molecule has 0 bridgehead atoms. The minimum absolute atomic E-state index is 0.0853. The van der Waals surface area contributed by atoms with Crippen LogP contribution in [0.15, 0.2) is 22.9 Å². The van der Waals surface area contributed by atoms with E-state index < -0.39 is 0 Å². The van der Waals surface area contributed by atoms with Gasteiger partial charge in [-0.25, -0.2) is 0 Å². The quantitative estimate of drug-likeness (QED) is 0.883. The van der Waals surface area contributed by atoms with Crippen molar-refractivity contribution in [2.24, 2.45) is 0 Å². The molecule has 20 heavy (non-hydrogen) atoms. The first-order valence-corrected chi connectivity index (χ1v) is 7.58. The van der Waals surface area contributed by atoms with Crippen LogP contribution in [0.25, 0.3) is 0 Å². The Morgan fingerprint density at radius 3 is 2.90 bits per heavy atom. The summed E-state index contributed by atoms with van der Waals surface area (Å²) < 4.78 is 5.88. The maximum atomic E-state index is 11.7. The number of hydrogen-bond donors (Lipinski definition) is 1. The molecular formula is C14H20BrN3O2. The summed E-state index contributed by atoms with van der Waals surface area (Å²) in [4.78, 5) is 17.7. The third kappa shape index (κ3) is 4.54. The lowest BCUT2D eigenvalue weighted by Gasteiger charge is -2.32. The second-order valence-electron chi connectivity index (χ2n) is 4.98. The van der Waals surface area contributed by atoms with Gasteiger partial charge in [0.1, 0.15) is 6.61 Å². The highest BCUT2D eigenvalue weighted by molar-refractivity contribution is 9.10. The molecule has 5 nitrogen and oxygen atoms in total. The normalized spacial score (nSPS) is 16.4. The summed E-state index contributed by atoms with van der Waals surface area (Å²) in [6.45, 7) is 2.60. The van der Waals surface area contributed by atoms with Crippen molar-refractivity contribution in [3.63, 3.8) is 0 Å². The number of nitrogens with one attached hydrogen (secondary N) is 1. The van der Waals surface area contributed by atoms with Crippen molar-refractivity contribution in [3.05, 3.63) is 28.5 Å². The molecule has 0 saturated carbocycles. The van der Waals surface area contributed by atoms with Gasteiger partial charge in [-0.2, -0.15) is 0 Å². The van der Waals surface area contributed by atoms with Gasteiger partial charge in [-0.15, -0.1) is 0 Å². The van der Waals surface area contributed by atoms with Crippen molar-refractivity contribution in [3.8, 4) is 0 Å². The van der Waals surface area contributed by atoms with E-state index in [0.29, 0.717) is 6.04 Å². The van der Waals surface area contributed by atoms with Crippen molar-refractivity contribution >= 4 is 21.8 Å². The van der Waals surface area contributed by atoms with E-state index in [2.05, 4.69) is 32.3 Å². The van der Waals surface area contributed by atoms with Gasteiger partial charge in [0.25, 0.3) is 0 Å². The molecule has 0 aliphatic carbocycles. The minimum atomic E-state index is 0.0853. The molecule has 0 aromatic carbocycles. The highest BCUT2D eigenvalue weighted by atomic mass is 79.9. The van der Waals surface area contributed by atoms with E-state index in [4.69, 9.17) is 4.74 Å². The smallest absolute Gasteiger partial charge is 0.248 e. The summed E-state index contributed by atoms with van der Waals surface area (Å²) in [6.07, 6.45) is 5.62. The molecule has 1 N–H and O–H groups in total. The number of amides is 1. The zero-order valence-corrected chi connectivity index (χ0v) is 13.2. The lowest BCUT2D eigenvalue weighted by atomic mass is 10.0. The number of aromatic nitrogens is 1. The largest absolute Gasteiger partial charge is 0.375 e. The Bertz CT molecular complexity index is 448. The van der Waals surface area contributed by atoms with E-state index in [0.717, 1.165) is 42.5 Å². The van der Waals surface area contributed by atoms with Gasteiger partial charge in [0.05, 0.1) is 0 Å². The van der Waals surface area contributed by atoms with Gasteiger partial charge < -0.3 is 15.0 Å². The van der Waals surface area contributed by atoms with E-state index in [9.17, 15) is 4.79 Å². The number of halogens is 1. The van der Waals surface area contributed by atoms with Gasteiger partial charge >= 0.3 is 0 Å².